The second kappa shape index (κ2) is 5.23. The van der Waals surface area contributed by atoms with Crippen molar-refractivity contribution in [1.82, 2.24) is 10.0 Å². The molecule has 98 valence electrons. The molecule has 0 aromatic heterocycles. The Labute approximate surface area is 89.3 Å². The molecule has 0 aromatic rings. The fourth-order valence-electron chi connectivity index (χ4n) is 0.715. The number of sulfonamides is 1. The Morgan fingerprint density at radius 2 is 1.56 bits per heavy atom. The summed E-state index contributed by atoms with van der Waals surface area (Å²) < 4.78 is 82.5. The van der Waals surface area contributed by atoms with E-state index in [-0.39, 0.29) is 6.42 Å². The first kappa shape index (κ1) is 15.5. The van der Waals surface area contributed by atoms with Crippen molar-refractivity contribution in [2.75, 3.05) is 20.1 Å². The molecule has 0 bridgehead atoms. The molecule has 0 aromatic carbocycles. The topological polar surface area (TPSA) is 58.2 Å². The van der Waals surface area contributed by atoms with Gasteiger partial charge in [0.25, 0.3) is 10.0 Å². The summed E-state index contributed by atoms with van der Waals surface area (Å²) in [6.45, 7) is -0.199. The van der Waals surface area contributed by atoms with Gasteiger partial charge in [-0.2, -0.15) is 22.0 Å². The lowest BCUT2D eigenvalue weighted by Crippen LogP contribution is -2.50. The number of rotatable bonds is 6. The van der Waals surface area contributed by atoms with Gasteiger partial charge in [-0.05, 0) is 20.0 Å². The molecule has 16 heavy (non-hydrogen) atoms. The summed E-state index contributed by atoms with van der Waals surface area (Å²) in [5.74, 6) is 0. The lowest BCUT2D eigenvalue weighted by molar-refractivity contribution is -0.241. The van der Waals surface area contributed by atoms with Gasteiger partial charge >= 0.3 is 11.4 Å². The fraction of sp³-hybridized carbons (Fsp3) is 1.00. The lowest BCUT2D eigenvalue weighted by atomic mass is 10.4. The highest BCUT2D eigenvalue weighted by molar-refractivity contribution is 7.90. The largest absolute Gasteiger partial charge is 0.470 e. The number of alkyl halides is 5. The van der Waals surface area contributed by atoms with Crippen molar-refractivity contribution in [3.05, 3.63) is 0 Å². The van der Waals surface area contributed by atoms with E-state index < -0.39 is 28.0 Å². The first-order chi connectivity index (χ1) is 7.06. The third kappa shape index (κ3) is 3.52. The maximum Gasteiger partial charge on any atom is 0.470 e. The summed E-state index contributed by atoms with van der Waals surface area (Å²) in [4.78, 5) is 0. The SMILES string of the molecule is CNCCCNS(=O)(=O)C(F)(F)C(F)(F)F. The quantitative estimate of drug-likeness (QED) is 0.551. The van der Waals surface area contributed by atoms with E-state index in [0.29, 0.717) is 6.54 Å². The second-order valence-electron chi connectivity index (χ2n) is 2.87. The average molecular weight is 270 g/mol. The van der Waals surface area contributed by atoms with Gasteiger partial charge in [0.2, 0.25) is 0 Å². The molecule has 0 heterocycles. The molecule has 0 aliphatic carbocycles. The van der Waals surface area contributed by atoms with Crippen molar-refractivity contribution in [3.8, 4) is 0 Å². The van der Waals surface area contributed by atoms with Crippen molar-refractivity contribution < 1.29 is 30.4 Å². The minimum absolute atomic E-state index is 0.101. The molecule has 0 rings (SSSR count). The zero-order chi connectivity index (χ0) is 13.0. The van der Waals surface area contributed by atoms with E-state index in [4.69, 9.17) is 0 Å². The summed E-state index contributed by atoms with van der Waals surface area (Å²) in [6.07, 6.45) is -6.02. The van der Waals surface area contributed by atoms with Crippen LogP contribution in [-0.4, -0.2) is 40.0 Å². The maximum atomic E-state index is 12.4. The third-order valence-corrected chi connectivity index (χ3v) is 3.05. The number of nitrogens with one attached hydrogen (secondary N) is 2. The van der Waals surface area contributed by atoms with Crippen LogP contribution in [0.15, 0.2) is 0 Å². The fourth-order valence-corrected chi connectivity index (χ4v) is 1.61. The van der Waals surface area contributed by atoms with E-state index in [1.165, 1.54) is 11.8 Å². The summed E-state index contributed by atoms with van der Waals surface area (Å²) >= 11 is 0. The molecule has 4 nitrogen and oxygen atoms in total. The zero-order valence-corrected chi connectivity index (χ0v) is 9.05. The zero-order valence-electron chi connectivity index (χ0n) is 8.24. The highest BCUT2D eigenvalue weighted by Gasteiger charge is 2.67. The molecule has 0 aliphatic heterocycles. The van der Waals surface area contributed by atoms with E-state index in [9.17, 15) is 30.4 Å². The predicted molar refractivity (Wildman–Crippen MR) is 46.5 cm³/mol. The molecule has 0 atom stereocenters. The van der Waals surface area contributed by atoms with Crippen LogP contribution in [0.25, 0.3) is 0 Å². The Hall–Kier alpha value is -0.480. The Bertz CT molecular complexity index is 313. The molecule has 0 aliphatic rings. The van der Waals surface area contributed by atoms with E-state index in [0.717, 1.165) is 0 Å². The van der Waals surface area contributed by atoms with Crippen LogP contribution >= 0.6 is 0 Å². The van der Waals surface area contributed by atoms with Gasteiger partial charge in [0, 0.05) is 6.54 Å². The van der Waals surface area contributed by atoms with Crippen LogP contribution in [0.2, 0.25) is 0 Å². The van der Waals surface area contributed by atoms with Gasteiger partial charge in [-0.3, -0.25) is 0 Å². The van der Waals surface area contributed by atoms with Crippen molar-refractivity contribution in [1.29, 1.82) is 0 Å². The first-order valence-electron chi connectivity index (χ1n) is 4.14. The van der Waals surface area contributed by atoms with Crippen LogP contribution in [0.1, 0.15) is 6.42 Å². The number of hydrogen-bond acceptors (Lipinski definition) is 3. The van der Waals surface area contributed by atoms with Crippen LogP contribution in [0, 0.1) is 0 Å². The summed E-state index contributed by atoms with van der Waals surface area (Å²) in [6, 6.07) is 0. The summed E-state index contributed by atoms with van der Waals surface area (Å²) in [5, 5.41) is -3.20. The molecular formula is C6H11F5N2O2S. The van der Waals surface area contributed by atoms with Crippen LogP contribution in [0.5, 0.6) is 0 Å². The van der Waals surface area contributed by atoms with Crippen molar-refractivity contribution in [3.63, 3.8) is 0 Å². The van der Waals surface area contributed by atoms with Gasteiger partial charge in [-0.15, -0.1) is 0 Å². The van der Waals surface area contributed by atoms with Gasteiger partial charge in [0.1, 0.15) is 0 Å². The van der Waals surface area contributed by atoms with Gasteiger partial charge in [0.05, 0.1) is 0 Å². The molecule has 0 unspecified atom stereocenters. The summed E-state index contributed by atoms with van der Waals surface area (Å²) in [5.41, 5.74) is 0. The molecule has 0 amide bonds. The minimum atomic E-state index is -6.12. The third-order valence-electron chi connectivity index (χ3n) is 1.56. The second-order valence-corrected chi connectivity index (χ2v) is 4.68. The Kier molecular flexibility index (Phi) is 5.08. The molecule has 0 radical (unpaired) electrons. The highest BCUT2D eigenvalue weighted by Crippen LogP contribution is 2.39. The maximum absolute atomic E-state index is 12.4. The Morgan fingerprint density at radius 3 is 1.94 bits per heavy atom. The van der Waals surface area contributed by atoms with E-state index in [1.54, 1.807) is 0 Å². The van der Waals surface area contributed by atoms with E-state index in [1.807, 2.05) is 0 Å². The monoisotopic (exact) mass is 270 g/mol. The van der Waals surface area contributed by atoms with Gasteiger partial charge in [-0.25, -0.2) is 13.1 Å². The molecule has 0 saturated heterocycles. The van der Waals surface area contributed by atoms with Gasteiger partial charge < -0.3 is 5.32 Å². The van der Waals surface area contributed by atoms with Crippen molar-refractivity contribution >= 4 is 10.0 Å². The Balaban J connectivity index is 4.55. The van der Waals surface area contributed by atoms with Crippen LogP contribution in [0.3, 0.4) is 0 Å². The molecule has 2 N–H and O–H groups in total. The first-order valence-corrected chi connectivity index (χ1v) is 5.63. The van der Waals surface area contributed by atoms with Crippen LogP contribution in [0.4, 0.5) is 22.0 Å². The van der Waals surface area contributed by atoms with Crippen LogP contribution < -0.4 is 10.0 Å². The molecule has 10 heteroatoms. The van der Waals surface area contributed by atoms with E-state index in [2.05, 4.69) is 5.32 Å². The Morgan fingerprint density at radius 1 is 1.06 bits per heavy atom. The minimum Gasteiger partial charge on any atom is -0.320 e. The number of hydrogen-bond donors (Lipinski definition) is 2. The number of halogens is 5. The average Bonchev–Trinajstić information content (AvgIpc) is 2.10. The van der Waals surface area contributed by atoms with E-state index >= 15 is 0 Å². The molecule has 0 spiro atoms. The van der Waals surface area contributed by atoms with Crippen molar-refractivity contribution in [2.45, 2.75) is 17.9 Å². The van der Waals surface area contributed by atoms with Crippen molar-refractivity contribution in [2.24, 2.45) is 0 Å². The molecule has 0 saturated carbocycles. The molecular weight excluding hydrogens is 259 g/mol. The molecule has 0 fully saturated rings. The van der Waals surface area contributed by atoms with Gasteiger partial charge in [0.15, 0.2) is 0 Å². The lowest BCUT2D eigenvalue weighted by Gasteiger charge is -2.19. The van der Waals surface area contributed by atoms with Crippen LogP contribution in [-0.2, 0) is 10.0 Å². The van der Waals surface area contributed by atoms with Gasteiger partial charge in [-0.1, -0.05) is 0 Å². The smallest absolute Gasteiger partial charge is 0.320 e. The summed E-state index contributed by atoms with van der Waals surface area (Å²) in [7, 11) is -4.21. The standard InChI is InChI=1S/C6H11F5N2O2S/c1-12-3-2-4-13-16(14,15)6(10,11)5(7,8)9/h12-13H,2-4H2,1H3. The highest BCUT2D eigenvalue weighted by atomic mass is 32.2. The predicted octanol–water partition coefficient (Wildman–Crippen LogP) is 0.670. The normalized spacial score (nSPS) is 14.1.